The molecule has 1 fully saturated rings. The lowest BCUT2D eigenvalue weighted by atomic mass is 10.2. The lowest BCUT2D eigenvalue weighted by Gasteiger charge is -2.19. The van der Waals surface area contributed by atoms with Gasteiger partial charge in [0.2, 0.25) is 0 Å². The van der Waals surface area contributed by atoms with Gasteiger partial charge < -0.3 is 10.2 Å². The fourth-order valence-electron chi connectivity index (χ4n) is 2.15. The lowest BCUT2D eigenvalue weighted by Crippen LogP contribution is -2.18. The second kappa shape index (κ2) is 6.79. The first-order valence-corrected chi connectivity index (χ1v) is 7.33. The number of nitrogens with one attached hydrogen (secondary N) is 1. The average molecular weight is 246 g/mol. The predicted octanol–water partition coefficient (Wildman–Crippen LogP) is 3.57. The van der Waals surface area contributed by atoms with Gasteiger partial charge >= 0.3 is 0 Å². The molecule has 2 rings (SSSR count). The zero-order chi connectivity index (χ0) is 12.8. The molecule has 0 spiro atoms. The molecular formula is C16H26N2. The molecule has 1 N–H and O–H groups in total. The Bertz CT molecular complexity index is 341. The van der Waals surface area contributed by atoms with Crippen molar-refractivity contribution >= 4 is 5.69 Å². The van der Waals surface area contributed by atoms with Crippen molar-refractivity contribution in [1.82, 2.24) is 5.32 Å². The van der Waals surface area contributed by atoms with Crippen molar-refractivity contribution in [3.8, 4) is 0 Å². The molecule has 0 heterocycles. The van der Waals surface area contributed by atoms with Crippen LogP contribution < -0.4 is 10.2 Å². The van der Waals surface area contributed by atoms with Crippen LogP contribution in [0.1, 0.15) is 44.6 Å². The average Bonchev–Trinajstić information content (AvgIpc) is 3.21. The van der Waals surface area contributed by atoms with Crippen LogP contribution in [0.15, 0.2) is 24.3 Å². The molecule has 18 heavy (non-hydrogen) atoms. The zero-order valence-electron chi connectivity index (χ0n) is 11.8. The van der Waals surface area contributed by atoms with Crippen molar-refractivity contribution in [3.63, 3.8) is 0 Å². The lowest BCUT2D eigenvalue weighted by molar-refractivity contribution is 0.687. The topological polar surface area (TPSA) is 15.3 Å². The molecule has 1 aliphatic rings. The number of nitrogens with zero attached hydrogens (tertiary/aromatic N) is 1. The van der Waals surface area contributed by atoms with E-state index in [1.54, 1.807) is 0 Å². The van der Waals surface area contributed by atoms with Crippen LogP contribution in [0.25, 0.3) is 0 Å². The van der Waals surface area contributed by atoms with Gasteiger partial charge in [-0.05, 0) is 37.0 Å². The van der Waals surface area contributed by atoms with Crippen LogP contribution in [0.4, 0.5) is 5.69 Å². The quantitative estimate of drug-likeness (QED) is 0.706. The van der Waals surface area contributed by atoms with Gasteiger partial charge in [0.25, 0.3) is 0 Å². The van der Waals surface area contributed by atoms with E-state index in [0.29, 0.717) is 0 Å². The Labute approximate surface area is 111 Å². The van der Waals surface area contributed by atoms with Crippen molar-refractivity contribution in [3.05, 3.63) is 29.8 Å². The molecule has 100 valence electrons. The Morgan fingerprint density at radius 1 is 1.17 bits per heavy atom. The van der Waals surface area contributed by atoms with Crippen LogP contribution in [0.2, 0.25) is 0 Å². The summed E-state index contributed by atoms with van der Waals surface area (Å²) in [5.74, 6) is 0. The van der Waals surface area contributed by atoms with Crippen LogP contribution in [0.5, 0.6) is 0 Å². The van der Waals surface area contributed by atoms with Crippen molar-refractivity contribution in [2.75, 3.05) is 18.5 Å². The van der Waals surface area contributed by atoms with Crippen LogP contribution in [-0.2, 0) is 6.54 Å². The molecule has 1 aromatic rings. The molecule has 1 saturated carbocycles. The van der Waals surface area contributed by atoms with Crippen LogP contribution in [0.3, 0.4) is 0 Å². The first-order valence-electron chi connectivity index (χ1n) is 7.33. The predicted molar refractivity (Wildman–Crippen MR) is 79.1 cm³/mol. The van der Waals surface area contributed by atoms with E-state index < -0.39 is 0 Å². The minimum absolute atomic E-state index is 0.793. The third kappa shape index (κ3) is 4.34. The van der Waals surface area contributed by atoms with Crippen molar-refractivity contribution in [1.29, 1.82) is 0 Å². The molecule has 1 aliphatic carbocycles. The number of unbranched alkanes of at least 4 members (excludes halogenated alkanes) is 2. The Hall–Kier alpha value is -1.02. The third-order valence-electron chi connectivity index (χ3n) is 3.65. The monoisotopic (exact) mass is 246 g/mol. The van der Waals surface area contributed by atoms with Gasteiger partial charge in [0.05, 0.1) is 0 Å². The van der Waals surface area contributed by atoms with Gasteiger partial charge in [-0.25, -0.2) is 0 Å². The first kappa shape index (κ1) is 13.4. The molecule has 0 unspecified atom stereocenters. The number of rotatable bonds is 8. The Morgan fingerprint density at radius 2 is 1.89 bits per heavy atom. The number of anilines is 1. The molecule has 0 saturated heterocycles. The summed E-state index contributed by atoms with van der Waals surface area (Å²) < 4.78 is 0. The third-order valence-corrected chi connectivity index (χ3v) is 3.65. The standard InChI is InChI=1S/C16H26N2/c1-3-4-5-12-18(2)16-10-6-14(7-11-16)13-17-15-8-9-15/h6-7,10-11,15,17H,3-5,8-9,12-13H2,1-2H3. The van der Waals surface area contributed by atoms with Gasteiger partial charge in [-0.3, -0.25) is 0 Å². The molecule has 0 radical (unpaired) electrons. The molecule has 0 bridgehead atoms. The van der Waals surface area contributed by atoms with E-state index >= 15 is 0 Å². The highest BCUT2D eigenvalue weighted by Crippen LogP contribution is 2.20. The van der Waals surface area contributed by atoms with Gasteiger partial charge in [0.1, 0.15) is 0 Å². The van der Waals surface area contributed by atoms with Gasteiger partial charge in [-0.1, -0.05) is 31.9 Å². The summed E-state index contributed by atoms with van der Waals surface area (Å²) in [4.78, 5) is 2.35. The zero-order valence-corrected chi connectivity index (χ0v) is 11.8. The summed E-state index contributed by atoms with van der Waals surface area (Å²) in [5.41, 5.74) is 2.73. The number of hydrogen-bond acceptors (Lipinski definition) is 2. The Balaban J connectivity index is 1.77. The van der Waals surface area contributed by atoms with E-state index in [-0.39, 0.29) is 0 Å². The van der Waals surface area contributed by atoms with E-state index in [2.05, 4.69) is 48.5 Å². The van der Waals surface area contributed by atoms with Crippen LogP contribution >= 0.6 is 0 Å². The Kier molecular flexibility index (Phi) is 5.06. The molecular weight excluding hydrogens is 220 g/mol. The van der Waals surface area contributed by atoms with E-state index in [1.807, 2.05) is 0 Å². The minimum atomic E-state index is 0.793. The molecule has 1 aromatic carbocycles. The minimum Gasteiger partial charge on any atom is -0.375 e. The van der Waals surface area contributed by atoms with E-state index in [4.69, 9.17) is 0 Å². The summed E-state index contributed by atoms with van der Waals surface area (Å²) in [6.45, 7) is 4.43. The highest BCUT2D eigenvalue weighted by atomic mass is 15.1. The maximum absolute atomic E-state index is 3.55. The van der Waals surface area contributed by atoms with E-state index in [1.165, 1.54) is 43.4 Å². The van der Waals surface area contributed by atoms with Crippen molar-refractivity contribution < 1.29 is 0 Å². The molecule has 0 amide bonds. The summed E-state index contributed by atoms with van der Waals surface area (Å²) in [6, 6.07) is 9.79. The molecule has 2 nitrogen and oxygen atoms in total. The highest BCUT2D eigenvalue weighted by molar-refractivity contribution is 5.46. The molecule has 0 aromatic heterocycles. The van der Waals surface area contributed by atoms with Crippen molar-refractivity contribution in [2.45, 2.75) is 51.6 Å². The Morgan fingerprint density at radius 3 is 2.50 bits per heavy atom. The second-order valence-corrected chi connectivity index (χ2v) is 5.45. The summed E-state index contributed by atoms with van der Waals surface area (Å²) in [7, 11) is 2.19. The van der Waals surface area contributed by atoms with E-state index in [0.717, 1.165) is 19.1 Å². The van der Waals surface area contributed by atoms with E-state index in [9.17, 15) is 0 Å². The van der Waals surface area contributed by atoms with Gasteiger partial charge in [-0.15, -0.1) is 0 Å². The molecule has 2 heteroatoms. The fourth-order valence-corrected chi connectivity index (χ4v) is 2.15. The fraction of sp³-hybridized carbons (Fsp3) is 0.625. The molecule has 0 atom stereocenters. The summed E-state index contributed by atoms with van der Waals surface area (Å²) in [6.07, 6.45) is 6.63. The van der Waals surface area contributed by atoms with Gasteiger partial charge in [0, 0.05) is 31.9 Å². The van der Waals surface area contributed by atoms with Crippen LogP contribution in [-0.4, -0.2) is 19.6 Å². The SMILES string of the molecule is CCCCCN(C)c1ccc(CNC2CC2)cc1. The maximum atomic E-state index is 3.55. The first-order chi connectivity index (χ1) is 8.79. The largest absolute Gasteiger partial charge is 0.375 e. The van der Waals surface area contributed by atoms with Crippen molar-refractivity contribution in [2.24, 2.45) is 0 Å². The van der Waals surface area contributed by atoms with Gasteiger partial charge in [-0.2, -0.15) is 0 Å². The van der Waals surface area contributed by atoms with Gasteiger partial charge in [0.15, 0.2) is 0 Å². The highest BCUT2D eigenvalue weighted by Gasteiger charge is 2.19. The smallest absolute Gasteiger partial charge is 0.0363 e. The molecule has 0 aliphatic heterocycles. The van der Waals surface area contributed by atoms with Crippen LogP contribution in [0, 0.1) is 0 Å². The number of hydrogen-bond donors (Lipinski definition) is 1. The summed E-state index contributed by atoms with van der Waals surface area (Å²) in [5, 5.41) is 3.55. The number of benzene rings is 1. The second-order valence-electron chi connectivity index (χ2n) is 5.45. The normalized spacial score (nSPS) is 14.8. The maximum Gasteiger partial charge on any atom is 0.0363 e. The summed E-state index contributed by atoms with van der Waals surface area (Å²) >= 11 is 0.